The molecule has 0 unspecified atom stereocenters. The van der Waals surface area contributed by atoms with Crippen molar-refractivity contribution in [3.8, 4) is 22.9 Å². The van der Waals surface area contributed by atoms with Crippen LogP contribution in [0.1, 0.15) is 37.0 Å². The molecule has 0 radical (unpaired) electrons. The molecule has 0 atom stereocenters. The topological polar surface area (TPSA) is 98.0 Å². The van der Waals surface area contributed by atoms with Crippen LogP contribution in [0.4, 0.5) is 0 Å². The van der Waals surface area contributed by atoms with Crippen LogP contribution in [-0.4, -0.2) is 34.0 Å². The zero-order valence-electron chi connectivity index (χ0n) is 16.3. The number of hydrogen-bond acceptors (Lipinski definition) is 5. The maximum absolute atomic E-state index is 12.6. The number of pyridine rings is 1. The Bertz CT molecular complexity index is 1080. The van der Waals surface area contributed by atoms with E-state index in [0.29, 0.717) is 35.9 Å². The zero-order valence-corrected chi connectivity index (χ0v) is 16.3. The Kier molecular flexibility index (Phi) is 6.07. The number of aromatic hydroxyl groups is 1. The molecule has 2 aromatic carbocycles. The number of benzene rings is 2. The molecule has 0 aliphatic heterocycles. The maximum Gasteiger partial charge on any atom is 0.341 e. The summed E-state index contributed by atoms with van der Waals surface area (Å²) in [6.45, 7) is 5.02. The van der Waals surface area contributed by atoms with Gasteiger partial charge in [-0.05, 0) is 25.0 Å². The maximum atomic E-state index is 12.6. The molecule has 1 heterocycles. The van der Waals surface area contributed by atoms with E-state index in [1.165, 1.54) is 24.4 Å². The third-order valence-corrected chi connectivity index (χ3v) is 4.31. The van der Waals surface area contributed by atoms with Gasteiger partial charge in [-0.2, -0.15) is 0 Å². The average molecular weight is 397 g/mol. The Balaban J connectivity index is 2.27. The largest absolute Gasteiger partial charge is 0.508 e. The first-order valence-electron chi connectivity index (χ1n) is 9.47. The summed E-state index contributed by atoms with van der Waals surface area (Å²) < 4.78 is 13.1. The second kappa shape index (κ2) is 8.68. The Morgan fingerprint density at radius 3 is 2.17 bits per heavy atom. The van der Waals surface area contributed by atoms with E-state index >= 15 is 0 Å². The van der Waals surface area contributed by atoms with Gasteiger partial charge in [-0.1, -0.05) is 13.8 Å². The molecule has 0 saturated carbocycles. The highest BCUT2D eigenvalue weighted by Crippen LogP contribution is 2.29. The molecule has 7 nitrogen and oxygen atoms in total. The normalized spacial score (nSPS) is 10.8. The monoisotopic (exact) mass is 397 g/mol. The molecule has 0 amide bonds. The number of ether oxygens (including phenoxy) is 2. The van der Waals surface area contributed by atoms with Crippen LogP contribution >= 0.6 is 0 Å². The first-order valence-corrected chi connectivity index (χ1v) is 9.47. The SMILES string of the molecule is CCCOc1cc(OCCC)cc(-n2cc(C(=O)O)c(=O)c3ccc(O)cc32)c1. The van der Waals surface area contributed by atoms with Gasteiger partial charge in [-0.25, -0.2) is 4.79 Å². The van der Waals surface area contributed by atoms with Crippen LogP contribution in [0.25, 0.3) is 16.6 Å². The van der Waals surface area contributed by atoms with Gasteiger partial charge in [-0.15, -0.1) is 0 Å². The van der Waals surface area contributed by atoms with Gasteiger partial charge in [0.05, 0.1) is 24.4 Å². The summed E-state index contributed by atoms with van der Waals surface area (Å²) in [5.74, 6) is -0.215. The van der Waals surface area contributed by atoms with E-state index in [1.807, 2.05) is 13.8 Å². The summed E-state index contributed by atoms with van der Waals surface area (Å²) in [6, 6.07) is 9.46. The lowest BCUT2D eigenvalue weighted by Gasteiger charge is -2.16. The molecule has 152 valence electrons. The molecule has 0 bridgehead atoms. The minimum Gasteiger partial charge on any atom is -0.508 e. The molecule has 0 saturated heterocycles. The fraction of sp³-hybridized carbons (Fsp3) is 0.273. The van der Waals surface area contributed by atoms with Crippen molar-refractivity contribution in [3.63, 3.8) is 0 Å². The highest BCUT2D eigenvalue weighted by atomic mass is 16.5. The number of aromatic nitrogens is 1. The second-order valence-corrected chi connectivity index (χ2v) is 6.61. The van der Waals surface area contributed by atoms with Crippen LogP contribution in [0.15, 0.2) is 47.4 Å². The Labute approximate surface area is 167 Å². The standard InChI is InChI=1S/C22H23NO6/c1-3-7-28-16-9-14(10-17(12-16)29-8-4-2)23-13-19(22(26)27)21(25)18-6-5-15(24)11-20(18)23/h5-6,9-13,24H,3-4,7-8H2,1-2H3,(H,26,27). The van der Waals surface area contributed by atoms with Crippen LogP contribution in [0.3, 0.4) is 0 Å². The Morgan fingerprint density at radius 1 is 1.00 bits per heavy atom. The van der Waals surface area contributed by atoms with Gasteiger partial charge in [0.25, 0.3) is 0 Å². The zero-order chi connectivity index (χ0) is 21.0. The molecule has 3 aromatic rings. The van der Waals surface area contributed by atoms with Gasteiger partial charge >= 0.3 is 5.97 Å². The number of carboxylic acids is 1. The first-order chi connectivity index (χ1) is 13.9. The van der Waals surface area contributed by atoms with Crippen molar-refractivity contribution >= 4 is 16.9 Å². The van der Waals surface area contributed by atoms with E-state index in [2.05, 4.69) is 0 Å². The summed E-state index contributed by atoms with van der Waals surface area (Å²) in [7, 11) is 0. The number of rotatable bonds is 8. The molecule has 2 N–H and O–H groups in total. The lowest BCUT2D eigenvalue weighted by Crippen LogP contribution is -2.18. The molecule has 0 spiro atoms. The molecule has 0 aliphatic rings. The fourth-order valence-electron chi connectivity index (χ4n) is 2.98. The number of carbonyl (C=O) groups is 1. The van der Waals surface area contributed by atoms with Gasteiger partial charge in [0, 0.05) is 35.8 Å². The Hall–Kier alpha value is -3.48. The van der Waals surface area contributed by atoms with Gasteiger partial charge in [0.2, 0.25) is 5.43 Å². The van der Waals surface area contributed by atoms with Crippen molar-refractivity contribution in [2.45, 2.75) is 26.7 Å². The summed E-state index contributed by atoms with van der Waals surface area (Å²) in [5, 5.41) is 19.6. The van der Waals surface area contributed by atoms with Crippen molar-refractivity contribution in [1.82, 2.24) is 4.57 Å². The quantitative estimate of drug-likeness (QED) is 0.597. The fourth-order valence-corrected chi connectivity index (χ4v) is 2.98. The number of phenolic OH excluding ortho intramolecular Hbond substituents is 1. The lowest BCUT2D eigenvalue weighted by atomic mass is 10.1. The molecular weight excluding hydrogens is 374 g/mol. The number of fused-ring (bicyclic) bond motifs is 1. The van der Waals surface area contributed by atoms with Gasteiger partial charge in [-0.3, -0.25) is 4.79 Å². The third-order valence-electron chi connectivity index (χ3n) is 4.31. The molecule has 3 rings (SSSR count). The Morgan fingerprint density at radius 2 is 1.62 bits per heavy atom. The van der Waals surface area contributed by atoms with Crippen molar-refractivity contribution in [1.29, 1.82) is 0 Å². The number of phenols is 1. The van der Waals surface area contributed by atoms with E-state index in [4.69, 9.17) is 9.47 Å². The summed E-state index contributed by atoms with van der Waals surface area (Å²) >= 11 is 0. The molecule has 0 fully saturated rings. The molecular formula is C22H23NO6. The highest BCUT2D eigenvalue weighted by Gasteiger charge is 2.17. The number of hydrogen-bond donors (Lipinski definition) is 2. The molecule has 29 heavy (non-hydrogen) atoms. The second-order valence-electron chi connectivity index (χ2n) is 6.61. The third kappa shape index (κ3) is 4.34. The predicted molar refractivity (Wildman–Crippen MR) is 110 cm³/mol. The highest BCUT2D eigenvalue weighted by molar-refractivity contribution is 5.93. The van der Waals surface area contributed by atoms with Crippen molar-refractivity contribution in [2.24, 2.45) is 0 Å². The van der Waals surface area contributed by atoms with E-state index < -0.39 is 11.4 Å². The van der Waals surface area contributed by atoms with Crippen molar-refractivity contribution in [3.05, 3.63) is 58.4 Å². The van der Waals surface area contributed by atoms with E-state index in [0.717, 1.165) is 12.8 Å². The predicted octanol–water partition coefficient (Wildman–Crippen LogP) is 3.97. The minimum atomic E-state index is -1.32. The van der Waals surface area contributed by atoms with Crippen LogP contribution in [0, 0.1) is 0 Å². The van der Waals surface area contributed by atoms with Crippen LogP contribution in [0.2, 0.25) is 0 Å². The van der Waals surface area contributed by atoms with Crippen molar-refractivity contribution in [2.75, 3.05) is 13.2 Å². The first kappa shape index (κ1) is 20.3. The van der Waals surface area contributed by atoms with Crippen LogP contribution in [0.5, 0.6) is 17.2 Å². The number of nitrogens with zero attached hydrogens (tertiary/aromatic N) is 1. The van der Waals surface area contributed by atoms with Gasteiger partial charge in [0.15, 0.2) is 0 Å². The lowest BCUT2D eigenvalue weighted by molar-refractivity contribution is 0.0695. The smallest absolute Gasteiger partial charge is 0.341 e. The van der Waals surface area contributed by atoms with E-state index in [9.17, 15) is 19.8 Å². The average Bonchev–Trinajstić information content (AvgIpc) is 2.70. The molecule has 0 aliphatic carbocycles. The van der Waals surface area contributed by atoms with Crippen LogP contribution < -0.4 is 14.9 Å². The molecule has 7 heteroatoms. The number of carboxylic acid groups (broad SMARTS) is 1. The van der Waals surface area contributed by atoms with E-state index in [-0.39, 0.29) is 16.7 Å². The summed E-state index contributed by atoms with van der Waals surface area (Å²) in [5.41, 5.74) is -0.0272. The van der Waals surface area contributed by atoms with E-state index in [1.54, 1.807) is 22.8 Å². The minimum absolute atomic E-state index is 0.0328. The van der Waals surface area contributed by atoms with Crippen molar-refractivity contribution < 1.29 is 24.5 Å². The van der Waals surface area contributed by atoms with Gasteiger partial charge < -0.3 is 24.3 Å². The summed E-state index contributed by atoms with van der Waals surface area (Å²) in [6.07, 6.45) is 2.91. The molecule has 1 aromatic heterocycles. The van der Waals surface area contributed by atoms with Crippen LogP contribution in [-0.2, 0) is 0 Å². The summed E-state index contributed by atoms with van der Waals surface area (Å²) in [4.78, 5) is 24.2. The number of aromatic carboxylic acids is 1. The van der Waals surface area contributed by atoms with Gasteiger partial charge in [0.1, 0.15) is 22.8 Å².